The minimum atomic E-state index is 0.247. The van der Waals surface area contributed by atoms with E-state index in [1.165, 1.54) is 38.8 Å². The lowest BCUT2D eigenvalue weighted by atomic mass is 9.83. The molecule has 1 rings (SSSR count). The summed E-state index contributed by atoms with van der Waals surface area (Å²) in [6.45, 7) is 12.6. The smallest absolute Gasteiger partial charge is 0.0303 e. The van der Waals surface area contributed by atoms with Crippen molar-refractivity contribution in [1.29, 1.82) is 0 Å². The number of nitrogens with zero attached hydrogens (tertiary/aromatic N) is 1. The maximum Gasteiger partial charge on any atom is 0.0303 e. The van der Waals surface area contributed by atoms with Gasteiger partial charge in [0.05, 0.1) is 0 Å². The first kappa shape index (κ1) is 14.0. The molecule has 1 fully saturated rings. The standard InChI is InChI=1S/C14H30N2/c1-5-8-14(4,11-15)16-9-6-13(7-10-16)12(2)3/h12-13H,5-11,15H2,1-4H3. The average Bonchev–Trinajstić information content (AvgIpc) is 2.29. The van der Waals surface area contributed by atoms with Crippen molar-refractivity contribution in [3.8, 4) is 0 Å². The second-order valence-electron chi connectivity index (χ2n) is 6.02. The molecule has 0 amide bonds. The summed E-state index contributed by atoms with van der Waals surface area (Å²) in [5, 5.41) is 0. The SMILES string of the molecule is CCCC(C)(CN)N1CCC(C(C)C)CC1. The van der Waals surface area contributed by atoms with Crippen LogP contribution in [0.5, 0.6) is 0 Å². The molecule has 1 aliphatic heterocycles. The minimum Gasteiger partial charge on any atom is -0.329 e. The molecule has 96 valence electrons. The number of nitrogens with two attached hydrogens (primary N) is 1. The minimum absolute atomic E-state index is 0.247. The van der Waals surface area contributed by atoms with E-state index in [0.717, 1.165) is 18.4 Å². The summed E-state index contributed by atoms with van der Waals surface area (Å²) in [6, 6.07) is 0. The van der Waals surface area contributed by atoms with E-state index in [0.29, 0.717) is 0 Å². The first-order valence-corrected chi connectivity index (χ1v) is 6.98. The van der Waals surface area contributed by atoms with Crippen LogP contribution in [-0.2, 0) is 0 Å². The van der Waals surface area contributed by atoms with E-state index in [9.17, 15) is 0 Å². The molecule has 1 aliphatic rings. The van der Waals surface area contributed by atoms with Gasteiger partial charge in [0.15, 0.2) is 0 Å². The second-order valence-corrected chi connectivity index (χ2v) is 6.02. The summed E-state index contributed by atoms with van der Waals surface area (Å²) >= 11 is 0. The highest BCUT2D eigenvalue weighted by Gasteiger charge is 2.33. The monoisotopic (exact) mass is 226 g/mol. The van der Waals surface area contributed by atoms with Crippen molar-refractivity contribution in [1.82, 2.24) is 4.90 Å². The Morgan fingerprint density at radius 1 is 1.31 bits per heavy atom. The molecule has 1 atom stereocenters. The van der Waals surface area contributed by atoms with Crippen LogP contribution in [0, 0.1) is 11.8 Å². The first-order valence-electron chi connectivity index (χ1n) is 6.98. The summed E-state index contributed by atoms with van der Waals surface area (Å²) < 4.78 is 0. The maximum absolute atomic E-state index is 5.98. The van der Waals surface area contributed by atoms with Crippen LogP contribution in [-0.4, -0.2) is 30.1 Å². The summed E-state index contributed by atoms with van der Waals surface area (Å²) in [5.41, 5.74) is 6.22. The molecular formula is C14H30N2. The third kappa shape index (κ3) is 3.21. The average molecular weight is 226 g/mol. The quantitative estimate of drug-likeness (QED) is 0.781. The van der Waals surface area contributed by atoms with Gasteiger partial charge < -0.3 is 5.73 Å². The van der Waals surface area contributed by atoms with Crippen molar-refractivity contribution in [3.05, 3.63) is 0 Å². The Hall–Kier alpha value is -0.0800. The maximum atomic E-state index is 5.98. The van der Waals surface area contributed by atoms with Gasteiger partial charge in [-0.1, -0.05) is 27.2 Å². The highest BCUT2D eigenvalue weighted by molar-refractivity contribution is 4.90. The van der Waals surface area contributed by atoms with Gasteiger partial charge in [0.25, 0.3) is 0 Å². The summed E-state index contributed by atoms with van der Waals surface area (Å²) in [6.07, 6.45) is 5.18. The molecule has 2 N–H and O–H groups in total. The summed E-state index contributed by atoms with van der Waals surface area (Å²) in [4.78, 5) is 2.63. The van der Waals surface area contributed by atoms with Crippen LogP contribution in [0.2, 0.25) is 0 Å². The lowest BCUT2D eigenvalue weighted by molar-refractivity contribution is 0.0512. The Bertz CT molecular complexity index is 195. The molecule has 16 heavy (non-hydrogen) atoms. The van der Waals surface area contributed by atoms with Crippen LogP contribution in [0.3, 0.4) is 0 Å². The number of rotatable bonds is 5. The molecule has 0 saturated carbocycles. The molecule has 0 radical (unpaired) electrons. The van der Waals surface area contributed by atoms with Gasteiger partial charge in [-0.15, -0.1) is 0 Å². The van der Waals surface area contributed by atoms with Gasteiger partial charge in [0.2, 0.25) is 0 Å². The third-order valence-corrected chi connectivity index (χ3v) is 4.47. The lowest BCUT2D eigenvalue weighted by Gasteiger charge is -2.45. The fraction of sp³-hybridized carbons (Fsp3) is 1.00. The molecule has 0 aromatic carbocycles. The van der Waals surface area contributed by atoms with Gasteiger partial charge in [-0.05, 0) is 51.1 Å². The van der Waals surface area contributed by atoms with Crippen molar-refractivity contribution in [3.63, 3.8) is 0 Å². The Balaban J connectivity index is 2.51. The summed E-state index contributed by atoms with van der Waals surface area (Å²) in [5.74, 6) is 1.78. The lowest BCUT2D eigenvalue weighted by Crippen LogP contribution is -2.54. The van der Waals surface area contributed by atoms with Crippen molar-refractivity contribution in [2.45, 2.75) is 58.9 Å². The molecule has 2 heteroatoms. The molecule has 0 aliphatic carbocycles. The van der Waals surface area contributed by atoms with Crippen LogP contribution in [0.15, 0.2) is 0 Å². The van der Waals surface area contributed by atoms with Crippen molar-refractivity contribution >= 4 is 0 Å². The van der Waals surface area contributed by atoms with Gasteiger partial charge in [-0.2, -0.15) is 0 Å². The van der Waals surface area contributed by atoms with Crippen LogP contribution in [0.25, 0.3) is 0 Å². The largest absolute Gasteiger partial charge is 0.329 e. The van der Waals surface area contributed by atoms with Gasteiger partial charge in [-0.3, -0.25) is 4.90 Å². The zero-order valence-electron chi connectivity index (χ0n) is 11.6. The number of likely N-dealkylation sites (tertiary alicyclic amines) is 1. The van der Waals surface area contributed by atoms with Gasteiger partial charge in [0.1, 0.15) is 0 Å². The van der Waals surface area contributed by atoms with E-state index in [1.54, 1.807) is 0 Å². The Morgan fingerprint density at radius 2 is 1.88 bits per heavy atom. The Kier molecular flexibility index (Phi) is 5.26. The highest BCUT2D eigenvalue weighted by atomic mass is 15.2. The topological polar surface area (TPSA) is 29.3 Å². The molecule has 1 heterocycles. The van der Waals surface area contributed by atoms with E-state index in [2.05, 4.69) is 32.6 Å². The molecule has 0 bridgehead atoms. The third-order valence-electron chi connectivity index (χ3n) is 4.47. The van der Waals surface area contributed by atoms with Gasteiger partial charge in [0, 0.05) is 12.1 Å². The van der Waals surface area contributed by atoms with Crippen LogP contribution in [0.1, 0.15) is 53.4 Å². The number of hydrogen-bond acceptors (Lipinski definition) is 2. The van der Waals surface area contributed by atoms with Crippen LogP contribution in [0.4, 0.5) is 0 Å². The highest BCUT2D eigenvalue weighted by Crippen LogP contribution is 2.30. The second kappa shape index (κ2) is 6.02. The fourth-order valence-corrected chi connectivity index (χ4v) is 3.03. The number of hydrogen-bond donors (Lipinski definition) is 1. The normalized spacial score (nSPS) is 23.6. The van der Waals surface area contributed by atoms with E-state index in [-0.39, 0.29) is 5.54 Å². The van der Waals surface area contributed by atoms with E-state index in [4.69, 9.17) is 5.73 Å². The Labute approximate surface area is 102 Å². The first-order chi connectivity index (χ1) is 7.53. The Morgan fingerprint density at radius 3 is 2.25 bits per heavy atom. The molecule has 0 aromatic heterocycles. The molecule has 0 spiro atoms. The van der Waals surface area contributed by atoms with E-state index in [1.807, 2.05) is 0 Å². The van der Waals surface area contributed by atoms with Crippen LogP contribution < -0.4 is 5.73 Å². The number of piperidine rings is 1. The molecular weight excluding hydrogens is 196 g/mol. The molecule has 2 nitrogen and oxygen atoms in total. The van der Waals surface area contributed by atoms with Gasteiger partial charge in [-0.25, -0.2) is 0 Å². The van der Waals surface area contributed by atoms with Crippen molar-refractivity contribution < 1.29 is 0 Å². The molecule has 1 saturated heterocycles. The van der Waals surface area contributed by atoms with Crippen LogP contribution >= 0.6 is 0 Å². The predicted octanol–water partition coefficient (Wildman–Crippen LogP) is 2.87. The van der Waals surface area contributed by atoms with Crippen molar-refractivity contribution in [2.24, 2.45) is 17.6 Å². The zero-order valence-corrected chi connectivity index (χ0v) is 11.6. The van der Waals surface area contributed by atoms with Crippen molar-refractivity contribution in [2.75, 3.05) is 19.6 Å². The molecule has 1 unspecified atom stereocenters. The fourth-order valence-electron chi connectivity index (χ4n) is 3.03. The molecule has 0 aromatic rings. The zero-order chi connectivity index (χ0) is 12.2. The summed E-state index contributed by atoms with van der Waals surface area (Å²) in [7, 11) is 0. The van der Waals surface area contributed by atoms with E-state index >= 15 is 0 Å². The van der Waals surface area contributed by atoms with Gasteiger partial charge >= 0.3 is 0 Å². The predicted molar refractivity (Wildman–Crippen MR) is 71.5 cm³/mol. The van der Waals surface area contributed by atoms with E-state index < -0.39 is 0 Å².